The number of rotatable bonds is 4. The van der Waals surface area contributed by atoms with Crippen molar-refractivity contribution in [2.75, 3.05) is 17.3 Å². The van der Waals surface area contributed by atoms with E-state index in [4.69, 9.17) is 0 Å². The molecule has 3 aromatic carbocycles. The minimum atomic E-state index is -0.439. The van der Waals surface area contributed by atoms with Gasteiger partial charge >= 0.3 is 0 Å². The summed E-state index contributed by atoms with van der Waals surface area (Å²) in [4.78, 5) is 26.7. The van der Waals surface area contributed by atoms with E-state index < -0.39 is 10.9 Å². The van der Waals surface area contributed by atoms with Gasteiger partial charge in [0.1, 0.15) is 0 Å². The van der Waals surface area contributed by atoms with E-state index in [1.807, 2.05) is 62.5 Å². The Bertz CT molecular complexity index is 1140. The van der Waals surface area contributed by atoms with Crippen LogP contribution in [0.15, 0.2) is 69.9 Å². The molecule has 142 valence electrons. The number of fused-ring (bicyclic) bond motifs is 1. The van der Waals surface area contributed by atoms with Crippen LogP contribution in [0.4, 0.5) is 11.4 Å². The van der Waals surface area contributed by atoms with Crippen molar-refractivity contribution in [2.24, 2.45) is 0 Å². The van der Waals surface area contributed by atoms with E-state index in [1.165, 1.54) is 5.56 Å². The summed E-state index contributed by atoms with van der Waals surface area (Å²) in [5.74, 6) is 0. The van der Waals surface area contributed by atoms with E-state index in [-0.39, 0.29) is 11.5 Å². The SMILES string of the molecule is C[C@@H](Nc1c(/C=C2/N(C)c3ccccc3C2(C)C)c(=O)c1=O)c1ccccc1. The number of nitrogens with one attached hydrogen (secondary N) is 1. The largest absolute Gasteiger partial charge is 0.375 e. The molecule has 0 fully saturated rings. The zero-order valence-corrected chi connectivity index (χ0v) is 16.6. The minimum Gasteiger partial charge on any atom is -0.375 e. The van der Waals surface area contributed by atoms with Gasteiger partial charge in [0.15, 0.2) is 0 Å². The number of hydrogen-bond donors (Lipinski definition) is 1. The molecule has 4 heteroatoms. The quantitative estimate of drug-likeness (QED) is 0.697. The second-order valence-electron chi connectivity index (χ2n) is 7.95. The molecule has 4 rings (SSSR count). The van der Waals surface area contributed by atoms with Crippen LogP contribution in [-0.2, 0) is 5.41 Å². The average molecular weight is 372 g/mol. The molecule has 28 heavy (non-hydrogen) atoms. The number of anilines is 2. The molecule has 0 amide bonds. The zero-order valence-electron chi connectivity index (χ0n) is 16.6. The molecule has 0 radical (unpaired) electrons. The molecule has 1 aliphatic rings. The van der Waals surface area contributed by atoms with Gasteiger partial charge in [-0.15, -0.1) is 0 Å². The fourth-order valence-corrected chi connectivity index (χ4v) is 4.13. The second-order valence-corrected chi connectivity index (χ2v) is 7.95. The highest BCUT2D eigenvalue weighted by Crippen LogP contribution is 2.47. The Morgan fingerprint density at radius 2 is 1.61 bits per heavy atom. The predicted octanol–water partition coefficient (Wildman–Crippen LogP) is 4.22. The second kappa shape index (κ2) is 6.48. The number of hydrogen-bond acceptors (Lipinski definition) is 4. The lowest BCUT2D eigenvalue weighted by atomic mass is 9.83. The number of likely N-dealkylation sites (N-methyl/N-ethyl adjacent to an activating group) is 1. The van der Waals surface area contributed by atoms with Crippen molar-refractivity contribution in [2.45, 2.75) is 32.2 Å². The fourth-order valence-electron chi connectivity index (χ4n) is 4.13. The van der Waals surface area contributed by atoms with Crippen molar-refractivity contribution in [1.82, 2.24) is 0 Å². The lowest BCUT2D eigenvalue weighted by Gasteiger charge is -2.25. The summed E-state index contributed by atoms with van der Waals surface area (Å²) in [6.45, 7) is 6.28. The van der Waals surface area contributed by atoms with E-state index in [0.29, 0.717) is 11.3 Å². The molecule has 1 N–H and O–H groups in total. The Morgan fingerprint density at radius 1 is 0.964 bits per heavy atom. The number of nitrogens with zero attached hydrogens (tertiary/aromatic N) is 1. The van der Waals surface area contributed by atoms with E-state index in [1.54, 1.807) is 0 Å². The fraction of sp³-hybridized carbons (Fsp3) is 0.250. The summed E-state index contributed by atoms with van der Waals surface area (Å²) >= 11 is 0. The van der Waals surface area contributed by atoms with Crippen LogP contribution in [0, 0.1) is 0 Å². The molecule has 0 unspecified atom stereocenters. The van der Waals surface area contributed by atoms with Gasteiger partial charge in [-0.3, -0.25) is 9.59 Å². The van der Waals surface area contributed by atoms with Crippen molar-refractivity contribution < 1.29 is 0 Å². The minimum absolute atomic E-state index is 0.0619. The van der Waals surface area contributed by atoms with Crippen LogP contribution < -0.4 is 21.1 Å². The molecule has 1 heterocycles. The van der Waals surface area contributed by atoms with Gasteiger partial charge in [0, 0.05) is 29.9 Å². The molecular weight excluding hydrogens is 348 g/mol. The van der Waals surface area contributed by atoms with Gasteiger partial charge in [-0.05, 0) is 30.2 Å². The summed E-state index contributed by atoms with van der Waals surface area (Å²) < 4.78 is 0. The number of para-hydroxylation sites is 1. The molecule has 0 bridgehead atoms. The first-order chi connectivity index (χ1) is 13.3. The molecule has 1 atom stereocenters. The third kappa shape index (κ3) is 2.68. The maximum atomic E-state index is 12.4. The summed E-state index contributed by atoms with van der Waals surface area (Å²) in [5.41, 5.74) is 4.20. The van der Waals surface area contributed by atoms with Gasteiger partial charge in [0.05, 0.1) is 11.3 Å². The maximum absolute atomic E-state index is 12.4. The molecule has 0 aliphatic carbocycles. The third-order valence-electron chi connectivity index (χ3n) is 5.83. The van der Waals surface area contributed by atoms with Crippen LogP contribution in [-0.4, -0.2) is 7.05 Å². The maximum Gasteiger partial charge on any atom is 0.250 e. The third-order valence-corrected chi connectivity index (χ3v) is 5.83. The first-order valence-corrected chi connectivity index (χ1v) is 9.52. The molecule has 0 aromatic heterocycles. The number of allylic oxidation sites excluding steroid dienone is 1. The number of benzene rings is 2. The van der Waals surface area contributed by atoms with Gasteiger partial charge in [-0.2, -0.15) is 0 Å². The summed E-state index contributed by atoms with van der Waals surface area (Å²) in [6.07, 6.45) is 1.88. The highest BCUT2D eigenvalue weighted by Gasteiger charge is 2.39. The average Bonchev–Trinajstić information content (AvgIpc) is 2.91. The van der Waals surface area contributed by atoms with Crippen molar-refractivity contribution in [1.29, 1.82) is 0 Å². The summed E-state index contributed by atoms with van der Waals surface area (Å²) in [5, 5.41) is 3.25. The van der Waals surface area contributed by atoms with E-state index in [0.717, 1.165) is 16.9 Å². The van der Waals surface area contributed by atoms with Crippen molar-refractivity contribution >= 4 is 17.5 Å². The van der Waals surface area contributed by atoms with Crippen molar-refractivity contribution in [3.63, 3.8) is 0 Å². The molecule has 1 aliphatic heterocycles. The van der Waals surface area contributed by atoms with E-state index >= 15 is 0 Å². The summed E-state index contributed by atoms with van der Waals surface area (Å²) in [7, 11) is 2.00. The van der Waals surface area contributed by atoms with Crippen LogP contribution in [0.5, 0.6) is 0 Å². The highest BCUT2D eigenvalue weighted by molar-refractivity contribution is 5.80. The van der Waals surface area contributed by atoms with Gasteiger partial charge < -0.3 is 10.2 Å². The highest BCUT2D eigenvalue weighted by atomic mass is 16.2. The smallest absolute Gasteiger partial charge is 0.250 e. The standard InChI is InChI=1S/C24H24N2O2/c1-15(16-10-6-5-7-11-16)25-21-17(22(27)23(21)28)14-20-24(2,3)18-12-8-9-13-19(18)26(20)4/h5-15,25H,1-4H3/b20-14+/t15-/m1/s1. The zero-order chi connectivity index (χ0) is 20.1. The Kier molecular flexibility index (Phi) is 4.22. The molecular formula is C24H24N2O2. The van der Waals surface area contributed by atoms with Crippen LogP contribution >= 0.6 is 0 Å². The predicted molar refractivity (Wildman–Crippen MR) is 116 cm³/mol. The Balaban J connectivity index is 1.71. The molecule has 0 saturated heterocycles. The molecule has 4 nitrogen and oxygen atoms in total. The van der Waals surface area contributed by atoms with E-state index in [2.05, 4.69) is 36.2 Å². The lowest BCUT2D eigenvalue weighted by molar-refractivity contribution is 0.645. The lowest BCUT2D eigenvalue weighted by Crippen LogP contribution is -2.38. The van der Waals surface area contributed by atoms with Gasteiger partial charge in [-0.25, -0.2) is 0 Å². The van der Waals surface area contributed by atoms with Crippen molar-refractivity contribution in [3.8, 4) is 0 Å². The molecule has 0 saturated carbocycles. The van der Waals surface area contributed by atoms with Crippen LogP contribution in [0.2, 0.25) is 0 Å². The Hall–Kier alpha value is -3.14. The van der Waals surface area contributed by atoms with Gasteiger partial charge in [0.25, 0.3) is 0 Å². The summed E-state index contributed by atoms with van der Waals surface area (Å²) in [6, 6.07) is 18.1. The Morgan fingerprint density at radius 3 is 2.29 bits per heavy atom. The van der Waals surface area contributed by atoms with Crippen LogP contribution in [0.1, 0.15) is 43.5 Å². The molecule has 3 aromatic rings. The van der Waals surface area contributed by atoms with Crippen LogP contribution in [0.3, 0.4) is 0 Å². The van der Waals surface area contributed by atoms with Gasteiger partial charge in [0.2, 0.25) is 10.9 Å². The Labute approximate surface area is 164 Å². The topological polar surface area (TPSA) is 49.4 Å². The normalized spacial score (nSPS) is 17.7. The monoisotopic (exact) mass is 372 g/mol. The first-order valence-electron chi connectivity index (χ1n) is 9.52. The van der Waals surface area contributed by atoms with E-state index in [9.17, 15) is 9.59 Å². The van der Waals surface area contributed by atoms with Crippen LogP contribution in [0.25, 0.3) is 6.08 Å². The van der Waals surface area contributed by atoms with Crippen molar-refractivity contribution in [3.05, 3.63) is 97.4 Å². The van der Waals surface area contributed by atoms with Gasteiger partial charge in [-0.1, -0.05) is 62.4 Å². The molecule has 0 spiro atoms. The first kappa shape index (κ1) is 18.2.